The molecule has 8 unspecified atom stereocenters. The minimum absolute atomic E-state index is 0.0494. The molecule has 0 saturated carbocycles. The molecule has 32 heteroatoms. The maximum Gasteiger partial charge on any atom is 0.326 e. The lowest BCUT2D eigenvalue weighted by atomic mass is 9.77. The number of aliphatic carboxylic acids is 4. The molecule has 12 N–H and O–H groups in total. The van der Waals surface area contributed by atoms with Crippen molar-refractivity contribution in [3.8, 4) is 46.0 Å². The van der Waals surface area contributed by atoms with Crippen molar-refractivity contribution in [2.24, 2.45) is 47.3 Å². The highest BCUT2D eigenvalue weighted by Crippen LogP contribution is 2.53. The Labute approximate surface area is 703 Å². The third kappa shape index (κ3) is 26.5. The van der Waals surface area contributed by atoms with Crippen LogP contribution in [0.25, 0.3) is 0 Å². The van der Waals surface area contributed by atoms with Gasteiger partial charge in [-0.1, -0.05) is 111 Å². The van der Waals surface area contributed by atoms with Gasteiger partial charge in [-0.3, -0.25) is 38.4 Å². The average Bonchev–Trinajstić information content (AvgIpc) is 0.745. The Morgan fingerprint density at radius 1 is 0.250 bits per heavy atom. The van der Waals surface area contributed by atoms with Crippen molar-refractivity contribution in [3.63, 3.8) is 0 Å². The summed E-state index contributed by atoms with van der Waals surface area (Å²) in [5, 5.41) is 63.4. The second-order valence-corrected chi connectivity index (χ2v) is 33.6. The minimum Gasteiger partial charge on any atom is -0.496 e. The summed E-state index contributed by atoms with van der Waals surface area (Å²) in [7, 11) is 10.8. The van der Waals surface area contributed by atoms with E-state index in [0.29, 0.717) is 0 Å². The summed E-state index contributed by atoms with van der Waals surface area (Å²) < 4.78 is 50.7. The summed E-state index contributed by atoms with van der Waals surface area (Å²) in [5.74, 6) is -19.9. The Kier molecular flexibility index (Phi) is 37.6. The lowest BCUT2D eigenvalue weighted by Gasteiger charge is -2.32. The van der Waals surface area contributed by atoms with Gasteiger partial charge in [0.2, 0.25) is 47.3 Å². The predicted octanol–water partition coefficient (Wildman–Crippen LogP) is 9.18. The lowest BCUT2D eigenvalue weighted by Crippen LogP contribution is -2.54. The maximum atomic E-state index is 15.7. The predicted molar refractivity (Wildman–Crippen MR) is 447 cm³/mol. The van der Waals surface area contributed by atoms with Crippen molar-refractivity contribution in [1.82, 2.24) is 42.5 Å². The summed E-state index contributed by atoms with van der Waals surface area (Å²) >= 11 is 0. The third-order valence-electron chi connectivity index (χ3n) is 21.2. The van der Waals surface area contributed by atoms with Crippen LogP contribution in [0.5, 0.6) is 46.0 Å². The molecule has 8 atom stereocenters. The molecule has 8 amide bonds. The first-order valence-electron chi connectivity index (χ1n) is 40.7. The van der Waals surface area contributed by atoms with Crippen LogP contribution in [0.2, 0.25) is 0 Å². The van der Waals surface area contributed by atoms with Crippen molar-refractivity contribution in [3.05, 3.63) is 93.0 Å². The van der Waals surface area contributed by atoms with Gasteiger partial charge >= 0.3 is 23.9 Å². The van der Waals surface area contributed by atoms with E-state index in [1.807, 2.05) is 0 Å². The van der Waals surface area contributed by atoms with Crippen LogP contribution in [0.15, 0.2) is 48.5 Å². The van der Waals surface area contributed by atoms with Gasteiger partial charge in [0.15, 0.2) is 0 Å². The summed E-state index contributed by atoms with van der Waals surface area (Å²) in [6.07, 6.45) is -2.26. The monoisotopic (exact) mass is 1680 g/mol. The van der Waals surface area contributed by atoms with E-state index < -0.39 is 192 Å². The molecule has 1 aliphatic carbocycles. The SMILES string of the molecule is COc1cc(OC)c2cc1C(CC(=O)NC(C(=O)NC(CC(C)C)C(=O)O)C(C)C)c1cc(c(OC)cc1OC)C(CC(=O)NC(C(=O)NC(CC(C)C)C(=O)O)C(C)C)c1cc(c(OC)cc1OC)C(CC(=O)NC(C(=O)NC(CC(C)C)C(=O)O)C(C)C)c1cc(c(OC)cc1OC)C2CC(=O)NC(C(=O)NC(CC(C)C)C(=O)O)C(C)C. The number of methoxy groups -OCH3 is 8. The van der Waals surface area contributed by atoms with E-state index in [9.17, 15) is 58.8 Å². The van der Waals surface area contributed by atoms with Crippen LogP contribution < -0.4 is 80.4 Å². The van der Waals surface area contributed by atoms with Gasteiger partial charge in [-0.2, -0.15) is 0 Å². The second kappa shape index (κ2) is 45.4. The largest absolute Gasteiger partial charge is 0.496 e. The van der Waals surface area contributed by atoms with Crippen LogP contribution in [-0.2, 0) is 57.5 Å². The number of carboxylic acids is 4. The van der Waals surface area contributed by atoms with Crippen molar-refractivity contribution >= 4 is 71.1 Å². The first-order chi connectivity index (χ1) is 56.3. The van der Waals surface area contributed by atoms with Gasteiger partial charge in [0, 0.05) is 118 Å². The van der Waals surface area contributed by atoms with Gasteiger partial charge < -0.3 is 101 Å². The number of ether oxygens (including phenoxy) is 8. The second-order valence-electron chi connectivity index (χ2n) is 33.6. The van der Waals surface area contributed by atoms with E-state index in [4.69, 9.17) is 37.9 Å². The van der Waals surface area contributed by atoms with Crippen LogP contribution in [0.4, 0.5) is 0 Å². The topological polar surface area (TPSA) is 456 Å². The number of carboxylic acid groups (broad SMARTS) is 4. The maximum absolute atomic E-state index is 15.7. The fourth-order valence-electron chi connectivity index (χ4n) is 15.2. The zero-order valence-corrected chi connectivity index (χ0v) is 73.8. The van der Waals surface area contributed by atoms with Gasteiger partial charge in [0.25, 0.3) is 0 Å². The highest BCUT2D eigenvalue weighted by atomic mass is 16.5. The molecule has 32 nitrogen and oxygen atoms in total. The smallest absolute Gasteiger partial charge is 0.326 e. The van der Waals surface area contributed by atoms with Crippen LogP contribution in [0.1, 0.15) is 230 Å². The van der Waals surface area contributed by atoms with Crippen LogP contribution >= 0.6 is 0 Å². The number of hydrogen-bond acceptors (Lipinski definition) is 20. The highest BCUT2D eigenvalue weighted by molar-refractivity contribution is 5.94. The first-order valence-corrected chi connectivity index (χ1v) is 40.7. The standard InChI is InChI=1S/C88H128N8O24/c1-41(2)25-61(85(105)106)89-81(101)77(45(9)10)93-73(97)33-49-53-29-55(67(115-19)37-65(53)113-17)50(34-74(98)94-78(46(11)12)82(102)90-62(86(107)108)26-42(3)4)57-31-59(71(119-23)39-69(57)117-21)52(36-76(100)96-80(48(15)16)84(104)92-64(88(111)112)28-44(7)8)60-32-58(70(118-22)40-72(60)120-24)51(56-30-54(49)66(114-18)38-68(56)116-20)35-75(99)95-79(47(13)14)83(103)91-63(87(109)110)27-43(5)6/h29-32,37-52,61-64,77-80H,25-28,33-36H2,1-24H3,(H,89,101)(H,90,102)(H,91,103)(H,92,104)(H,93,97)(H,94,98)(H,95,99)(H,96,100)(H,105,106)(H,107,108)(H,109,110)(H,111,112). The highest BCUT2D eigenvalue weighted by Gasteiger charge is 2.42. The average molecular weight is 1680 g/mol. The van der Waals surface area contributed by atoms with Crippen molar-refractivity contribution in [2.75, 3.05) is 56.9 Å². The molecule has 0 aliphatic heterocycles. The van der Waals surface area contributed by atoms with Crippen molar-refractivity contribution in [2.45, 2.75) is 234 Å². The number of carbonyl (C=O) groups excluding carboxylic acids is 8. The zero-order valence-electron chi connectivity index (χ0n) is 73.8. The number of hydrogen-bond donors (Lipinski definition) is 12. The molecular formula is C88H128N8O24. The number of carbonyl (C=O) groups is 12. The first kappa shape index (κ1) is 99.5. The molecule has 0 spiro atoms. The van der Waals surface area contributed by atoms with E-state index in [1.54, 1.807) is 135 Å². The Hall–Kier alpha value is -11.1. The van der Waals surface area contributed by atoms with Crippen LogP contribution in [0.3, 0.4) is 0 Å². The lowest BCUT2D eigenvalue weighted by molar-refractivity contribution is -0.143. The Morgan fingerprint density at radius 2 is 0.392 bits per heavy atom. The number of nitrogens with one attached hydrogen (secondary N) is 8. The molecule has 0 heterocycles. The fourth-order valence-corrected chi connectivity index (χ4v) is 15.2. The Bertz CT molecular complexity index is 3650. The third-order valence-corrected chi connectivity index (χ3v) is 21.2. The Balaban J connectivity index is 2.16. The normalized spacial score (nSPS) is 16.5. The molecule has 1 aliphatic rings. The van der Waals surface area contributed by atoms with Crippen LogP contribution in [-0.4, -0.2) is 197 Å². The molecule has 0 radical (unpaired) electrons. The van der Waals surface area contributed by atoms with E-state index in [2.05, 4.69) is 42.5 Å². The molecule has 4 aromatic carbocycles. The molecule has 8 bridgehead atoms. The number of rotatable bonds is 44. The number of amides is 8. The van der Waals surface area contributed by atoms with Gasteiger partial charge in [0.1, 0.15) is 94.3 Å². The quantitative estimate of drug-likeness (QED) is 0.0196. The Morgan fingerprint density at radius 3 is 0.500 bits per heavy atom. The van der Waals surface area contributed by atoms with E-state index in [0.717, 1.165) is 0 Å². The fraction of sp³-hybridized carbons (Fsp3) is 0.591. The summed E-state index contributed by atoms with van der Waals surface area (Å²) in [6, 6.07) is 1.74. The number of fused-ring (bicyclic) bond motifs is 8. The summed E-state index contributed by atoms with van der Waals surface area (Å²) in [4.78, 5) is 172. The number of benzene rings is 4. The molecular weight excluding hydrogens is 1550 g/mol. The molecule has 120 heavy (non-hydrogen) atoms. The van der Waals surface area contributed by atoms with E-state index >= 15 is 19.2 Å². The van der Waals surface area contributed by atoms with Crippen LogP contribution in [0, 0.1) is 47.3 Å². The van der Waals surface area contributed by atoms with E-state index in [-0.39, 0.29) is 140 Å². The zero-order chi connectivity index (χ0) is 90.3. The van der Waals surface area contributed by atoms with E-state index in [1.165, 1.54) is 81.1 Å². The molecule has 664 valence electrons. The molecule has 0 aromatic heterocycles. The molecule has 0 fully saturated rings. The molecule has 4 aromatic rings. The van der Waals surface area contributed by atoms with Gasteiger partial charge in [-0.05, 0) is 97.3 Å². The van der Waals surface area contributed by atoms with Crippen molar-refractivity contribution < 1.29 is 116 Å². The molecule has 5 rings (SSSR count). The van der Waals surface area contributed by atoms with Gasteiger partial charge in [-0.15, -0.1) is 0 Å². The summed E-state index contributed by atoms with van der Waals surface area (Å²) in [5.41, 5.74) is 1.33. The molecule has 0 saturated heterocycles. The van der Waals surface area contributed by atoms with Gasteiger partial charge in [0.05, 0.1) is 56.9 Å². The minimum atomic E-state index is -1.36. The van der Waals surface area contributed by atoms with Gasteiger partial charge in [-0.25, -0.2) is 19.2 Å². The van der Waals surface area contributed by atoms with Crippen molar-refractivity contribution in [1.29, 1.82) is 0 Å². The summed E-state index contributed by atoms with van der Waals surface area (Å²) in [6.45, 7) is 27.6.